The molecule has 0 spiro atoms. The Bertz CT molecular complexity index is 2150. The second-order valence-electron chi connectivity index (χ2n) is 12.3. The molecule has 0 radical (unpaired) electrons. The summed E-state index contributed by atoms with van der Waals surface area (Å²) >= 11 is 6.24. The Labute approximate surface area is 300 Å². The first-order valence-corrected chi connectivity index (χ1v) is 17.9. The highest BCUT2D eigenvalue weighted by Gasteiger charge is 2.32. The van der Waals surface area contributed by atoms with Crippen LogP contribution in [0.1, 0.15) is 85.0 Å². The number of aromatic carboxylic acids is 1. The van der Waals surface area contributed by atoms with Gasteiger partial charge in [-0.15, -0.1) is 0 Å². The maximum atomic E-state index is 15.8. The second kappa shape index (κ2) is 16.3. The van der Waals surface area contributed by atoms with Gasteiger partial charge in [0.25, 0.3) is 15.7 Å². The Kier molecular flexibility index (Phi) is 12.4. The number of carbonyl (C=O) groups excluding carboxylic acids is 1. The fourth-order valence-corrected chi connectivity index (χ4v) is 7.58. The van der Waals surface area contributed by atoms with E-state index in [1.165, 1.54) is 31.3 Å². The maximum absolute atomic E-state index is 15.8. The monoisotopic (exact) mass is 736 g/mol. The quantitative estimate of drug-likeness (QED) is 0.0802. The van der Waals surface area contributed by atoms with E-state index in [0.29, 0.717) is 28.0 Å². The average molecular weight is 737 g/mol. The van der Waals surface area contributed by atoms with E-state index >= 15 is 4.39 Å². The van der Waals surface area contributed by atoms with Crippen molar-refractivity contribution in [1.82, 2.24) is 3.97 Å². The molecule has 0 fully saturated rings. The van der Waals surface area contributed by atoms with Crippen LogP contribution < -0.4 is 0 Å². The predicted octanol–water partition coefficient (Wildman–Crippen LogP) is 9.26. The van der Waals surface area contributed by atoms with Gasteiger partial charge in [0.05, 0.1) is 21.5 Å². The highest BCUT2D eigenvalue weighted by Crippen LogP contribution is 2.46. The summed E-state index contributed by atoms with van der Waals surface area (Å²) in [4.78, 5) is 31.9. The van der Waals surface area contributed by atoms with Crippen molar-refractivity contribution in [2.45, 2.75) is 70.3 Å². The minimum absolute atomic E-state index is 0.0255. The number of esters is 1. The Balaban J connectivity index is 0.000000755. The number of aromatic nitrogens is 1. The van der Waals surface area contributed by atoms with Crippen LogP contribution in [-0.4, -0.2) is 40.5 Å². The molecule has 0 unspecified atom stereocenters. The molecule has 0 saturated carbocycles. The normalized spacial score (nSPS) is 12.5. The zero-order valence-electron chi connectivity index (χ0n) is 28.7. The molecule has 1 N–H and O–H groups in total. The highest BCUT2D eigenvalue weighted by molar-refractivity contribution is 7.90. The van der Waals surface area contributed by atoms with Crippen LogP contribution in [-0.2, 0) is 19.6 Å². The predicted molar refractivity (Wildman–Crippen MR) is 194 cm³/mol. The number of carboxylic acid groups (broad SMARTS) is 1. The number of halogens is 2. The molecule has 4 aromatic carbocycles. The van der Waals surface area contributed by atoms with Gasteiger partial charge in [-0.2, -0.15) is 0 Å². The lowest BCUT2D eigenvalue weighted by Gasteiger charge is -2.28. The molecular formula is C38H38ClFN2O8S. The lowest BCUT2D eigenvalue weighted by Crippen LogP contribution is -2.15. The largest absolute Gasteiger partial charge is 0.478 e. The molecule has 0 aliphatic rings. The molecule has 268 valence electrons. The number of nitro groups is 1. The molecule has 51 heavy (non-hydrogen) atoms. The smallest absolute Gasteiger partial charge is 0.335 e. The standard InChI is InChI=1S/C33H28ClFN2O6S.C5H10O2/c1-3-4-27(21-5-7-23(8-6-21)33(38)39)31(22-9-11-24(34)12-10-22)29-19-36(32-28(29)17-20(2)18-30(32)35)44(42,43)26-15-13-25(14-16-26)37(40)41;1-4(2)7-5(3)6/h5-19,27,31H,3-4H2,1-2H3,(H,38,39);4H,1-3H3/t27-,31+;/m1./s1. The van der Waals surface area contributed by atoms with E-state index < -0.39 is 32.7 Å². The fourth-order valence-electron chi connectivity index (χ4n) is 6.07. The van der Waals surface area contributed by atoms with Gasteiger partial charge >= 0.3 is 11.9 Å². The summed E-state index contributed by atoms with van der Waals surface area (Å²) in [5, 5.41) is 21.5. The number of hydrogen-bond donors (Lipinski definition) is 1. The van der Waals surface area contributed by atoms with Crippen molar-refractivity contribution in [3.63, 3.8) is 0 Å². The number of nitrogens with zero attached hydrogens (tertiary/aromatic N) is 2. The molecule has 0 aliphatic carbocycles. The van der Waals surface area contributed by atoms with Gasteiger partial charge in [0.1, 0.15) is 11.3 Å². The van der Waals surface area contributed by atoms with E-state index in [-0.39, 0.29) is 39.7 Å². The lowest BCUT2D eigenvalue weighted by molar-refractivity contribution is -0.384. The van der Waals surface area contributed by atoms with Gasteiger partial charge in [0, 0.05) is 41.6 Å². The van der Waals surface area contributed by atoms with E-state index in [2.05, 4.69) is 4.74 Å². The molecule has 0 saturated heterocycles. The van der Waals surface area contributed by atoms with Gasteiger partial charge in [-0.3, -0.25) is 14.9 Å². The van der Waals surface area contributed by atoms with Crippen molar-refractivity contribution in [2.24, 2.45) is 0 Å². The van der Waals surface area contributed by atoms with Crippen LogP contribution in [0.15, 0.2) is 96.0 Å². The number of nitro benzene ring substituents is 1. The Morgan fingerprint density at radius 2 is 1.57 bits per heavy atom. The topological polar surface area (TPSA) is 146 Å². The number of rotatable bonds is 11. The number of ether oxygens (including phenoxy) is 1. The first kappa shape index (κ1) is 38.7. The van der Waals surface area contributed by atoms with Gasteiger partial charge < -0.3 is 9.84 Å². The third-order valence-electron chi connectivity index (χ3n) is 8.15. The second-order valence-corrected chi connectivity index (χ2v) is 14.5. The van der Waals surface area contributed by atoms with Gasteiger partial charge in [-0.1, -0.05) is 49.2 Å². The third kappa shape index (κ3) is 9.00. The van der Waals surface area contributed by atoms with Gasteiger partial charge in [0.15, 0.2) is 0 Å². The molecule has 1 heterocycles. The summed E-state index contributed by atoms with van der Waals surface area (Å²) in [5.41, 5.74) is 2.51. The number of carboxylic acids is 1. The number of hydrogen-bond acceptors (Lipinski definition) is 7. The molecule has 0 bridgehead atoms. The zero-order chi connectivity index (χ0) is 37.6. The zero-order valence-corrected chi connectivity index (χ0v) is 30.2. The number of fused-ring (bicyclic) bond motifs is 1. The molecular weight excluding hydrogens is 699 g/mol. The highest BCUT2D eigenvalue weighted by atomic mass is 35.5. The molecule has 5 aromatic rings. The Morgan fingerprint density at radius 1 is 0.980 bits per heavy atom. The SMILES string of the molecule is CC(=O)OC(C)C.CCC[C@H](c1ccc(C(=O)O)cc1)[C@H](c1ccc(Cl)cc1)c1cn(S(=O)(=O)c2ccc([N+](=O)[O-])cc2)c2c(F)cc(C)cc12. The van der Waals surface area contributed by atoms with Crippen LogP contribution in [0.4, 0.5) is 10.1 Å². The number of aryl methyl sites for hydroxylation is 1. The van der Waals surface area contributed by atoms with Crippen LogP contribution in [0.3, 0.4) is 0 Å². The molecule has 10 nitrogen and oxygen atoms in total. The van der Waals surface area contributed by atoms with Gasteiger partial charge in [-0.25, -0.2) is 21.6 Å². The number of carbonyl (C=O) groups is 2. The van der Waals surface area contributed by atoms with Crippen molar-refractivity contribution in [1.29, 1.82) is 0 Å². The Hall–Kier alpha value is -5.07. The Morgan fingerprint density at radius 3 is 2.06 bits per heavy atom. The molecule has 2 atom stereocenters. The van der Waals surface area contributed by atoms with E-state index in [0.717, 1.165) is 45.8 Å². The van der Waals surface area contributed by atoms with Crippen molar-refractivity contribution in [2.75, 3.05) is 0 Å². The molecule has 0 aliphatic heterocycles. The van der Waals surface area contributed by atoms with E-state index in [9.17, 15) is 33.2 Å². The first-order chi connectivity index (χ1) is 24.0. The molecule has 5 rings (SSSR count). The van der Waals surface area contributed by atoms with Crippen LogP contribution in [0, 0.1) is 22.9 Å². The van der Waals surface area contributed by atoms with Crippen LogP contribution in [0.2, 0.25) is 5.02 Å². The minimum Gasteiger partial charge on any atom is -0.478 e. The number of benzene rings is 4. The van der Waals surface area contributed by atoms with Crippen molar-refractivity contribution < 1.29 is 37.2 Å². The van der Waals surface area contributed by atoms with Crippen molar-refractivity contribution in [3.8, 4) is 0 Å². The van der Waals surface area contributed by atoms with Crippen LogP contribution in [0.25, 0.3) is 10.9 Å². The molecule has 1 aromatic heterocycles. The summed E-state index contributed by atoms with van der Waals surface area (Å²) in [6, 6.07) is 21.2. The van der Waals surface area contributed by atoms with E-state index in [4.69, 9.17) is 11.6 Å². The summed E-state index contributed by atoms with van der Waals surface area (Å²) in [6.07, 6.45) is 2.85. The summed E-state index contributed by atoms with van der Waals surface area (Å²) < 4.78 is 49.3. The van der Waals surface area contributed by atoms with Gasteiger partial charge in [0.2, 0.25) is 0 Å². The van der Waals surface area contributed by atoms with Crippen LogP contribution in [0.5, 0.6) is 0 Å². The minimum atomic E-state index is -4.40. The van der Waals surface area contributed by atoms with Crippen molar-refractivity contribution in [3.05, 3.63) is 140 Å². The third-order valence-corrected chi connectivity index (χ3v) is 10.1. The van der Waals surface area contributed by atoms with E-state index in [1.54, 1.807) is 37.3 Å². The summed E-state index contributed by atoms with van der Waals surface area (Å²) in [5.74, 6) is -2.74. The van der Waals surface area contributed by atoms with Crippen LogP contribution >= 0.6 is 11.6 Å². The first-order valence-electron chi connectivity index (χ1n) is 16.1. The van der Waals surface area contributed by atoms with E-state index in [1.807, 2.05) is 32.9 Å². The summed E-state index contributed by atoms with van der Waals surface area (Å²) in [6.45, 7) is 8.78. The molecule has 0 amide bonds. The summed E-state index contributed by atoms with van der Waals surface area (Å²) in [7, 11) is -4.40. The average Bonchev–Trinajstić information content (AvgIpc) is 3.45. The fraction of sp³-hybridized carbons (Fsp3) is 0.263. The maximum Gasteiger partial charge on any atom is 0.335 e. The lowest BCUT2D eigenvalue weighted by atomic mass is 9.75. The van der Waals surface area contributed by atoms with Gasteiger partial charge in [-0.05, 0) is 104 Å². The molecule has 13 heteroatoms. The number of non-ortho nitro benzene ring substituents is 1. The van der Waals surface area contributed by atoms with Crippen molar-refractivity contribution >= 4 is 50.2 Å².